The van der Waals surface area contributed by atoms with Crippen LogP contribution >= 0.6 is 0 Å². The second-order valence-electron chi connectivity index (χ2n) is 9.50. The quantitative estimate of drug-likeness (QED) is 0.338. The van der Waals surface area contributed by atoms with E-state index in [0.29, 0.717) is 36.4 Å². The van der Waals surface area contributed by atoms with Gasteiger partial charge < -0.3 is 14.1 Å². The maximum atomic E-state index is 13.1. The van der Waals surface area contributed by atoms with Crippen molar-refractivity contribution in [1.29, 1.82) is 0 Å². The molecule has 37 heavy (non-hydrogen) atoms. The van der Waals surface area contributed by atoms with Gasteiger partial charge in [-0.05, 0) is 42.2 Å². The zero-order valence-corrected chi connectivity index (χ0v) is 21.4. The van der Waals surface area contributed by atoms with E-state index in [4.69, 9.17) is 9.15 Å². The van der Waals surface area contributed by atoms with Crippen molar-refractivity contribution in [3.8, 4) is 5.75 Å². The molecule has 4 aromatic rings. The van der Waals surface area contributed by atoms with Gasteiger partial charge in [0, 0.05) is 49.6 Å². The number of hydrogen-bond donors (Lipinski definition) is 0. The highest BCUT2D eigenvalue weighted by Gasteiger charge is 2.28. The van der Waals surface area contributed by atoms with Crippen LogP contribution < -0.4 is 10.4 Å². The average molecular weight is 497 g/mol. The number of methoxy groups -OCH3 is 1. The van der Waals surface area contributed by atoms with E-state index in [2.05, 4.69) is 53.4 Å². The molecule has 6 nitrogen and oxygen atoms in total. The van der Waals surface area contributed by atoms with E-state index in [-0.39, 0.29) is 24.0 Å². The fraction of sp³-hybridized carbons (Fsp3) is 0.290. The molecule has 0 aliphatic carbocycles. The Bertz CT molecular complexity index is 1390. The van der Waals surface area contributed by atoms with Crippen LogP contribution in [-0.4, -0.2) is 49.0 Å². The van der Waals surface area contributed by atoms with Crippen molar-refractivity contribution < 1.29 is 13.9 Å². The Kier molecular flexibility index (Phi) is 7.37. The van der Waals surface area contributed by atoms with Crippen LogP contribution in [0.1, 0.15) is 34.7 Å². The number of benzene rings is 3. The lowest BCUT2D eigenvalue weighted by molar-refractivity contribution is -0.133. The average Bonchev–Trinajstić information content (AvgIpc) is 2.94. The number of ether oxygens (including phenoxy) is 1. The molecule has 0 N–H and O–H groups in total. The summed E-state index contributed by atoms with van der Waals surface area (Å²) < 4.78 is 10.8. The van der Waals surface area contributed by atoms with E-state index in [1.807, 2.05) is 36.1 Å². The Hall–Kier alpha value is -3.90. The summed E-state index contributed by atoms with van der Waals surface area (Å²) in [5, 5.41) is 0.865. The smallest absolute Gasteiger partial charge is 0.339 e. The Balaban J connectivity index is 1.25. The molecule has 1 aliphatic heterocycles. The van der Waals surface area contributed by atoms with Crippen molar-refractivity contribution in [3.05, 3.63) is 112 Å². The predicted molar refractivity (Wildman–Crippen MR) is 145 cm³/mol. The van der Waals surface area contributed by atoms with Crippen LogP contribution in [0.25, 0.3) is 11.0 Å². The summed E-state index contributed by atoms with van der Waals surface area (Å²) in [5.74, 6) is 0.711. The number of hydrogen-bond acceptors (Lipinski definition) is 5. The first-order chi connectivity index (χ1) is 18.0. The maximum Gasteiger partial charge on any atom is 0.339 e. The molecular formula is C31H32N2O4. The first-order valence-corrected chi connectivity index (χ1v) is 12.8. The molecule has 1 amide bonds. The minimum Gasteiger partial charge on any atom is -0.497 e. The van der Waals surface area contributed by atoms with E-state index in [0.717, 1.165) is 24.0 Å². The summed E-state index contributed by atoms with van der Waals surface area (Å²) in [7, 11) is 1.58. The lowest BCUT2D eigenvalue weighted by atomic mass is 9.96. The van der Waals surface area contributed by atoms with Gasteiger partial charge in [0.25, 0.3) is 0 Å². The minimum absolute atomic E-state index is 0.0734. The van der Waals surface area contributed by atoms with E-state index in [1.165, 1.54) is 11.1 Å². The fourth-order valence-electron chi connectivity index (χ4n) is 5.29. The summed E-state index contributed by atoms with van der Waals surface area (Å²) in [6.45, 7) is 4.83. The molecule has 5 rings (SSSR count). The van der Waals surface area contributed by atoms with Crippen LogP contribution in [0.15, 0.2) is 88.1 Å². The van der Waals surface area contributed by atoms with Gasteiger partial charge in [-0.15, -0.1) is 0 Å². The van der Waals surface area contributed by atoms with Gasteiger partial charge in [0.05, 0.1) is 13.2 Å². The van der Waals surface area contributed by atoms with Crippen LogP contribution in [0.2, 0.25) is 0 Å². The van der Waals surface area contributed by atoms with Crippen LogP contribution in [-0.2, 0) is 11.2 Å². The Labute approximate surface area is 217 Å². The van der Waals surface area contributed by atoms with E-state index >= 15 is 0 Å². The molecule has 0 atom stereocenters. The van der Waals surface area contributed by atoms with Crippen molar-refractivity contribution >= 4 is 16.9 Å². The topological polar surface area (TPSA) is 63.0 Å². The van der Waals surface area contributed by atoms with Gasteiger partial charge in [-0.25, -0.2) is 4.79 Å². The number of aryl methyl sites for hydroxylation is 1. The van der Waals surface area contributed by atoms with Crippen molar-refractivity contribution in [1.82, 2.24) is 9.80 Å². The van der Waals surface area contributed by atoms with Gasteiger partial charge in [0.15, 0.2) is 0 Å². The number of fused-ring (bicyclic) bond motifs is 1. The molecular weight excluding hydrogens is 464 g/mol. The molecule has 1 aromatic heterocycles. The van der Waals surface area contributed by atoms with Gasteiger partial charge in [0.1, 0.15) is 11.3 Å². The first kappa shape index (κ1) is 24.8. The highest BCUT2D eigenvalue weighted by atomic mass is 16.5. The molecule has 0 bridgehead atoms. The van der Waals surface area contributed by atoms with Crippen LogP contribution in [0.3, 0.4) is 0 Å². The van der Waals surface area contributed by atoms with E-state index in [9.17, 15) is 9.59 Å². The molecule has 0 saturated carbocycles. The molecule has 1 aliphatic rings. The molecule has 3 aromatic carbocycles. The second-order valence-corrected chi connectivity index (χ2v) is 9.50. The van der Waals surface area contributed by atoms with Crippen LogP contribution in [0.5, 0.6) is 5.75 Å². The molecule has 0 radical (unpaired) electrons. The third-order valence-corrected chi connectivity index (χ3v) is 7.35. The van der Waals surface area contributed by atoms with Crippen molar-refractivity contribution in [2.24, 2.45) is 0 Å². The summed E-state index contributed by atoms with van der Waals surface area (Å²) >= 11 is 0. The Morgan fingerprint density at radius 3 is 2.14 bits per heavy atom. The summed E-state index contributed by atoms with van der Waals surface area (Å²) in [4.78, 5) is 30.2. The number of piperazine rings is 1. The normalized spacial score (nSPS) is 14.3. The predicted octanol–water partition coefficient (Wildman–Crippen LogP) is 4.98. The van der Waals surface area contributed by atoms with Crippen LogP contribution in [0.4, 0.5) is 0 Å². The van der Waals surface area contributed by atoms with E-state index < -0.39 is 0 Å². The monoisotopic (exact) mass is 496 g/mol. The Morgan fingerprint density at radius 1 is 0.919 bits per heavy atom. The fourth-order valence-corrected chi connectivity index (χ4v) is 5.29. The number of carbonyl (C=O) groups excluding carboxylic acids is 1. The van der Waals surface area contributed by atoms with Gasteiger partial charge in [-0.1, -0.05) is 60.7 Å². The second kappa shape index (κ2) is 11.0. The highest BCUT2D eigenvalue weighted by molar-refractivity contribution is 5.83. The van der Waals surface area contributed by atoms with Crippen molar-refractivity contribution in [2.75, 3.05) is 33.3 Å². The minimum atomic E-state index is -0.385. The van der Waals surface area contributed by atoms with Gasteiger partial charge in [-0.2, -0.15) is 0 Å². The molecule has 6 heteroatoms. The summed E-state index contributed by atoms with van der Waals surface area (Å²) in [6, 6.07) is 26.7. The standard InChI is InChI=1S/C31H32N2O4/c1-22-26-14-13-25(36-2)21-28(26)37-31(35)27(22)15-16-29(34)32-17-19-33(20-18-32)30(23-9-5-3-6-10-23)24-11-7-4-8-12-24/h3-14,21,30H,15-20H2,1-2H3. The zero-order chi connectivity index (χ0) is 25.8. The third-order valence-electron chi connectivity index (χ3n) is 7.35. The maximum absolute atomic E-state index is 13.1. The lowest BCUT2D eigenvalue weighted by Gasteiger charge is -2.40. The van der Waals surface area contributed by atoms with Gasteiger partial charge >= 0.3 is 5.63 Å². The molecule has 0 spiro atoms. The zero-order valence-electron chi connectivity index (χ0n) is 21.4. The SMILES string of the molecule is COc1ccc2c(C)c(CCC(=O)N3CCN(C(c4ccccc4)c4ccccc4)CC3)c(=O)oc2c1. The van der Waals surface area contributed by atoms with Crippen molar-refractivity contribution in [3.63, 3.8) is 0 Å². The van der Waals surface area contributed by atoms with Crippen molar-refractivity contribution in [2.45, 2.75) is 25.8 Å². The largest absolute Gasteiger partial charge is 0.497 e. The number of nitrogens with zero attached hydrogens (tertiary/aromatic N) is 2. The number of carbonyl (C=O) groups is 1. The highest BCUT2D eigenvalue weighted by Crippen LogP contribution is 2.30. The molecule has 1 saturated heterocycles. The molecule has 2 heterocycles. The Morgan fingerprint density at radius 2 is 1.54 bits per heavy atom. The van der Waals surface area contributed by atoms with Crippen LogP contribution in [0, 0.1) is 6.92 Å². The third kappa shape index (κ3) is 5.30. The molecule has 1 fully saturated rings. The van der Waals surface area contributed by atoms with E-state index in [1.54, 1.807) is 13.2 Å². The summed E-state index contributed by atoms with van der Waals surface area (Å²) in [6.07, 6.45) is 0.653. The first-order valence-electron chi connectivity index (χ1n) is 12.8. The molecule has 190 valence electrons. The summed E-state index contributed by atoms with van der Waals surface area (Å²) in [5.41, 5.74) is 4.05. The lowest BCUT2D eigenvalue weighted by Crippen LogP contribution is -2.50. The molecule has 0 unspecified atom stereocenters. The number of amides is 1. The van der Waals surface area contributed by atoms with Gasteiger partial charge in [0.2, 0.25) is 5.91 Å². The van der Waals surface area contributed by atoms with Gasteiger partial charge in [-0.3, -0.25) is 9.69 Å². The number of rotatable bonds is 7.